The molecule has 0 aliphatic heterocycles. The van der Waals surface area contributed by atoms with Gasteiger partial charge in [-0.3, -0.25) is 9.71 Å². The molecule has 0 aliphatic rings. The summed E-state index contributed by atoms with van der Waals surface area (Å²) in [5.41, 5.74) is 6.15. The van der Waals surface area contributed by atoms with Crippen molar-refractivity contribution < 1.29 is 8.42 Å². The van der Waals surface area contributed by atoms with E-state index in [1.54, 1.807) is 24.3 Å². The molecule has 18 heavy (non-hydrogen) atoms. The summed E-state index contributed by atoms with van der Waals surface area (Å²) < 4.78 is 26.5. The fourth-order valence-electron chi connectivity index (χ4n) is 1.34. The Balaban J connectivity index is 2.33. The van der Waals surface area contributed by atoms with E-state index >= 15 is 0 Å². The summed E-state index contributed by atoms with van der Waals surface area (Å²) in [5, 5.41) is 0.527. The first-order chi connectivity index (χ1) is 8.49. The second-order valence-corrected chi connectivity index (χ2v) is 5.61. The van der Waals surface area contributed by atoms with E-state index in [-0.39, 0.29) is 10.6 Å². The van der Waals surface area contributed by atoms with Crippen LogP contribution in [0, 0.1) is 0 Å². The minimum absolute atomic E-state index is 0.0556. The summed E-state index contributed by atoms with van der Waals surface area (Å²) in [6.07, 6.45) is 2.63. The van der Waals surface area contributed by atoms with Crippen LogP contribution in [-0.2, 0) is 10.0 Å². The Labute approximate surface area is 110 Å². The van der Waals surface area contributed by atoms with E-state index in [0.717, 1.165) is 0 Å². The molecule has 1 aromatic carbocycles. The van der Waals surface area contributed by atoms with E-state index in [9.17, 15) is 8.42 Å². The lowest BCUT2D eigenvalue weighted by Crippen LogP contribution is -2.14. The first kappa shape index (κ1) is 12.7. The van der Waals surface area contributed by atoms with Crippen molar-refractivity contribution >= 4 is 33.0 Å². The van der Waals surface area contributed by atoms with Crippen LogP contribution in [0.1, 0.15) is 0 Å². The minimum Gasteiger partial charge on any atom is -0.398 e. The first-order valence-corrected chi connectivity index (χ1v) is 6.83. The largest absolute Gasteiger partial charge is 0.398 e. The Morgan fingerprint density at radius 1 is 1.17 bits per heavy atom. The Bertz CT molecular complexity index is 656. The van der Waals surface area contributed by atoms with E-state index in [2.05, 4.69) is 9.71 Å². The first-order valence-electron chi connectivity index (χ1n) is 4.97. The molecular formula is C11H10ClN3O2S. The third-order valence-corrected chi connectivity index (χ3v) is 3.88. The van der Waals surface area contributed by atoms with E-state index in [4.69, 9.17) is 17.3 Å². The Hall–Kier alpha value is -1.79. The third-order valence-electron chi connectivity index (χ3n) is 2.20. The van der Waals surface area contributed by atoms with Gasteiger partial charge in [0.1, 0.15) is 4.90 Å². The van der Waals surface area contributed by atoms with E-state index in [1.807, 2.05) is 0 Å². The van der Waals surface area contributed by atoms with Gasteiger partial charge < -0.3 is 5.73 Å². The van der Waals surface area contributed by atoms with Gasteiger partial charge in [-0.15, -0.1) is 0 Å². The molecule has 1 aromatic heterocycles. The van der Waals surface area contributed by atoms with Crippen LogP contribution in [0.3, 0.4) is 0 Å². The number of nitrogens with two attached hydrogens (primary N) is 1. The summed E-state index contributed by atoms with van der Waals surface area (Å²) in [4.78, 5) is 3.69. The highest BCUT2D eigenvalue weighted by atomic mass is 35.5. The van der Waals surface area contributed by atoms with Crippen molar-refractivity contribution in [2.75, 3.05) is 10.5 Å². The molecule has 5 nitrogen and oxygen atoms in total. The number of aromatic nitrogens is 1. The monoisotopic (exact) mass is 283 g/mol. The number of anilines is 2. The number of nitrogens with one attached hydrogen (secondary N) is 1. The lowest BCUT2D eigenvalue weighted by atomic mass is 10.3. The molecule has 0 aliphatic carbocycles. The molecule has 94 valence electrons. The maximum atomic E-state index is 12.0. The van der Waals surface area contributed by atoms with Crippen LogP contribution in [0.4, 0.5) is 11.4 Å². The number of benzene rings is 1. The normalized spacial score (nSPS) is 11.2. The fraction of sp³-hybridized carbons (Fsp3) is 0. The maximum absolute atomic E-state index is 12.0. The van der Waals surface area contributed by atoms with Crippen molar-refractivity contribution in [2.24, 2.45) is 0 Å². The molecule has 1 heterocycles. The summed E-state index contributed by atoms with van der Waals surface area (Å²) in [6.45, 7) is 0. The number of nitrogens with zero attached hydrogens (tertiary/aromatic N) is 1. The topological polar surface area (TPSA) is 85.1 Å². The minimum atomic E-state index is -3.74. The molecule has 0 amide bonds. The van der Waals surface area contributed by atoms with Crippen LogP contribution in [-0.4, -0.2) is 13.4 Å². The molecule has 2 aromatic rings. The van der Waals surface area contributed by atoms with Gasteiger partial charge in [0.25, 0.3) is 10.0 Å². The van der Waals surface area contributed by atoms with Gasteiger partial charge in [-0.1, -0.05) is 11.6 Å². The molecule has 2 rings (SSSR count). The molecule has 0 saturated heterocycles. The van der Waals surface area contributed by atoms with Gasteiger partial charge in [0.05, 0.1) is 5.69 Å². The highest BCUT2D eigenvalue weighted by Crippen LogP contribution is 2.21. The molecule has 0 bridgehead atoms. The number of nitrogen functional groups attached to an aromatic ring is 1. The molecule has 0 radical (unpaired) electrons. The standard InChI is InChI=1S/C11H10ClN3O2S/c12-8-1-3-9(4-2-8)15-18(16,17)11-7-14-6-5-10(11)13/h1-7,15H,(H2,13,14). The van der Waals surface area contributed by atoms with Crippen molar-refractivity contribution in [3.63, 3.8) is 0 Å². The van der Waals surface area contributed by atoms with Crippen LogP contribution in [0.2, 0.25) is 5.02 Å². The number of hydrogen-bond acceptors (Lipinski definition) is 4. The molecule has 0 spiro atoms. The number of rotatable bonds is 3. The van der Waals surface area contributed by atoms with E-state index in [0.29, 0.717) is 10.7 Å². The predicted molar refractivity (Wildman–Crippen MR) is 70.9 cm³/mol. The van der Waals surface area contributed by atoms with Gasteiger partial charge in [-0.2, -0.15) is 0 Å². The van der Waals surface area contributed by atoms with Crippen molar-refractivity contribution in [2.45, 2.75) is 4.90 Å². The predicted octanol–water partition coefficient (Wildman–Crippen LogP) is 2.12. The molecular weight excluding hydrogens is 274 g/mol. The molecule has 0 saturated carbocycles. The number of halogens is 1. The van der Waals surface area contributed by atoms with Crippen LogP contribution < -0.4 is 10.5 Å². The zero-order valence-electron chi connectivity index (χ0n) is 9.17. The van der Waals surface area contributed by atoms with E-state index in [1.165, 1.54) is 18.5 Å². The molecule has 0 unspecified atom stereocenters. The van der Waals surface area contributed by atoms with Crippen molar-refractivity contribution in [1.29, 1.82) is 0 Å². The fourth-order valence-corrected chi connectivity index (χ4v) is 2.60. The van der Waals surface area contributed by atoms with Gasteiger partial charge >= 0.3 is 0 Å². The number of sulfonamides is 1. The Kier molecular flexibility index (Phi) is 3.40. The molecule has 7 heteroatoms. The third kappa shape index (κ3) is 2.72. The zero-order valence-corrected chi connectivity index (χ0v) is 10.7. The van der Waals surface area contributed by atoms with Gasteiger partial charge in [0.2, 0.25) is 0 Å². The summed E-state index contributed by atoms with van der Waals surface area (Å²) in [5.74, 6) is 0. The summed E-state index contributed by atoms with van der Waals surface area (Å²) in [6, 6.07) is 7.73. The van der Waals surface area contributed by atoms with Crippen molar-refractivity contribution in [3.05, 3.63) is 47.7 Å². The lowest BCUT2D eigenvalue weighted by molar-refractivity contribution is 0.601. The smallest absolute Gasteiger partial charge is 0.265 e. The van der Waals surface area contributed by atoms with Crippen LogP contribution in [0.25, 0.3) is 0 Å². The lowest BCUT2D eigenvalue weighted by Gasteiger charge is -2.09. The number of pyridine rings is 1. The highest BCUT2D eigenvalue weighted by Gasteiger charge is 2.17. The Morgan fingerprint density at radius 3 is 2.44 bits per heavy atom. The van der Waals surface area contributed by atoms with Crippen LogP contribution >= 0.6 is 11.6 Å². The van der Waals surface area contributed by atoms with Gasteiger partial charge in [0, 0.05) is 23.1 Å². The summed E-state index contributed by atoms with van der Waals surface area (Å²) >= 11 is 5.72. The molecule has 0 fully saturated rings. The average Bonchev–Trinajstić information content (AvgIpc) is 2.32. The van der Waals surface area contributed by atoms with Crippen molar-refractivity contribution in [3.8, 4) is 0 Å². The summed E-state index contributed by atoms with van der Waals surface area (Å²) in [7, 11) is -3.74. The van der Waals surface area contributed by atoms with Gasteiger partial charge in [-0.25, -0.2) is 8.42 Å². The quantitative estimate of drug-likeness (QED) is 0.903. The van der Waals surface area contributed by atoms with Crippen LogP contribution in [0.5, 0.6) is 0 Å². The maximum Gasteiger partial charge on any atom is 0.265 e. The average molecular weight is 284 g/mol. The second-order valence-electron chi connectivity index (χ2n) is 3.53. The van der Waals surface area contributed by atoms with E-state index < -0.39 is 10.0 Å². The van der Waals surface area contributed by atoms with Crippen LogP contribution in [0.15, 0.2) is 47.6 Å². The van der Waals surface area contributed by atoms with Gasteiger partial charge in [0.15, 0.2) is 0 Å². The van der Waals surface area contributed by atoms with Gasteiger partial charge in [-0.05, 0) is 30.3 Å². The zero-order chi connectivity index (χ0) is 13.2. The SMILES string of the molecule is Nc1ccncc1S(=O)(=O)Nc1ccc(Cl)cc1. The number of hydrogen-bond donors (Lipinski definition) is 2. The molecule has 3 N–H and O–H groups in total. The Morgan fingerprint density at radius 2 is 1.83 bits per heavy atom. The second kappa shape index (κ2) is 4.83. The highest BCUT2D eigenvalue weighted by molar-refractivity contribution is 7.92. The molecule has 0 atom stereocenters. The van der Waals surface area contributed by atoms with Crippen molar-refractivity contribution in [1.82, 2.24) is 4.98 Å².